The molecule has 1 unspecified atom stereocenters. The van der Waals surface area contributed by atoms with E-state index in [-0.39, 0.29) is 24.5 Å². The van der Waals surface area contributed by atoms with Crippen LogP contribution in [-0.2, 0) is 22.4 Å². The zero-order valence-electron chi connectivity index (χ0n) is 24.5. The first-order valence-electron chi connectivity index (χ1n) is 15.1. The maximum Gasteiger partial charge on any atom is 0.309 e. The molecule has 2 heterocycles. The molecular weight excluding hydrogens is 568 g/mol. The Morgan fingerprint density at radius 1 is 0.953 bits per heavy atom. The second-order valence-corrected chi connectivity index (χ2v) is 11.9. The minimum Gasteiger partial charge on any atom is -0.490 e. The Morgan fingerprint density at radius 2 is 1.60 bits per heavy atom. The SMILES string of the molecule is CCc1cc(Cl)cc(CC)c1NC(=O)CN1C[C@H](c2ccc3c(c2)OCCO3)C(C(=O)O)[C@@H]1c1ccc(OC2CC2)cc1. The van der Waals surface area contributed by atoms with Crippen molar-refractivity contribution in [3.63, 3.8) is 0 Å². The summed E-state index contributed by atoms with van der Waals surface area (Å²) >= 11 is 6.34. The highest BCUT2D eigenvalue weighted by molar-refractivity contribution is 6.30. The third-order valence-corrected chi connectivity index (χ3v) is 8.78. The van der Waals surface area contributed by atoms with Crippen LogP contribution in [0.25, 0.3) is 0 Å². The molecule has 3 aromatic carbocycles. The molecule has 0 aromatic heterocycles. The second-order valence-electron chi connectivity index (χ2n) is 11.5. The Balaban J connectivity index is 1.32. The van der Waals surface area contributed by atoms with Crippen molar-refractivity contribution in [3.05, 3.63) is 81.9 Å². The van der Waals surface area contributed by atoms with Gasteiger partial charge in [0.05, 0.1) is 18.6 Å². The summed E-state index contributed by atoms with van der Waals surface area (Å²) in [5, 5.41) is 14.4. The quantitative estimate of drug-likeness (QED) is 0.282. The fraction of sp³-hybridized carbons (Fsp3) is 0.412. The summed E-state index contributed by atoms with van der Waals surface area (Å²) in [5.74, 6) is -0.238. The predicted molar refractivity (Wildman–Crippen MR) is 165 cm³/mol. The van der Waals surface area contributed by atoms with Crippen LogP contribution >= 0.6 is 11.6 Å². The molecule has 1 amide bonds. The van der Waals surface area contributed by atoms with Crippen molar-refractivity contribution in [1.29, 1.82) is 0 Å². The minimum atomic E-state index is -0.912. The first kappa shape index (κ1) is 29.3. The summed E-state index contributed by atoms with van der Waals surface area (Å²) in [4.78, 5) is 28.6. The van der Waals surface area contributed by atoms with Gasteiger partial charge in [-0.3, -0.25) is 14.5 Å². The normalized spacial score (nSPS) is 21.4. The van der Waals surface area contributed by atoms with Crippen molar-refractivity contribution in [3.8, 4) is 17.2 Å². The van der Waals surface area contributed by atoms with Gasteiger partial charge in [0.25, 0.3) is 0 Å². The van der Waals surface area contributed by atoms with E-state index in [1.165, 1.54) is 0 Å². The third-order valence-electron chi connectivity index (χ3n) is 8.57. The average molecular weight is 605 g/mol. The van der Waals surface area contributed by atoms with E-state index in [1.54, 1.807) is 0 Å². The van der Waals surface area contributed by atoms with Gasteiger partial charge in [-0.1, -0.05) is 43.6 Å². The molecule has 2 aliphatic heterocycles. The molecule has 1 saturated heterocycles. The van der Waals surface area contributed by atoms with Crippen LogP contribution in [0.3, 0.4) is 0 Å². The van der Waals surface area contributed by atoms with Crippen LogP contribution < -0.4 is 19.5 Å². The van der Waals surface area contributed by atoms with Crippen LogP contribution in [-0.4, -0.2) is 54.3 Å². The van der Waals surface area contributed by atoms with Crippen molar-refractivity contribution in [1.82, 2.24) is 4.90 Å². The van der Waals surface area contributed by atoms with Gasteiger partial charge >= 0.3 is 5.97 Å². The van der Waals surface area contributed by atoms with Gasteiger partial charge in [0.2, 0.25) is 5.91 Å². The number of rotatable bonds is 10. The van der Waals surface area contributed by atoms with E-state index < -0.39 is 17.9 Å². The zero-order valence-corrected chi connectivity index (χ0v) is 25.2. The summed E-state index contributed by atoms with van der Waals surface area (Å²) in [5.41, 5.74) is 4.41. The molecule has 226 valence electrons. The highest BCUT2D eigenvalue weighted by atomic mass is 35.5. The van der Waals surface area contributed by atoms with Crippen LogP contribution in [0.1, 0.15) is 60.9 Å². The molecule has 2 fully saturated rings. The minimum absolute atomic E-state index is 0.0325. The molecule has 2 N–H and O–H groups in total. The largest absolute Gasteiger partial charge is 0.490 e. The highest BCUT2D eigenvalue weighted by Crippen LogP contribution is 2.47. The van der Waals surface area contributed by atoms with Crippen LogP contribution in [0, 0.1) is 5.92 Å². The van der Waals surface area contributed by atoms with Crippen LogP contribution in [0.4, 0.5) is 5.69 Å². The Bertz CT molecular complexity index is 1480. The van der Waals surface area contributed by atoms with Crippen LogP contribution in [0.2, 0.25) is 5.02 Å². The van der Waals surface area contributed by atoms with E-state index in [4.69, 9.17) is 25.8 Å². The number of carbonyl (C=O) groups is 2. The summed E-state index contributed by atoms with van der Waals surface area (Å²) < 4.78 is 17.5. The first-order valence-corrected chi connectivity index (χ1v) is 15.5. The number of carbonyl (C=O) groups excluding carboxylic acids is 1. The molecule has 1 aliphatic carbocycles. The Morgan fingerprint density at radius 3 is 2.23 bits per heavy atom. The van der Waals surface area contributed by atoms with Gasteiger partial charge in [0.1, 0.15) is 19.0 Å². The molecule has 0 radical (unpaired) electrons. The van der Waals surface area contributed by atoms with Crippen molar-refractivity contribution in [2.24, 2.45) is 5.92 Å². The molecule has 0 spiro atoms. The third kappa shape index (κ3) is 6.31. The number of carboxylic acids is 1. The van der Waals surface area contributed by atoms with Crippen molar-refractivity contribution < 1.29 is 28.9 Å². The number of anilines is 1. The van der Waals surface area contributed by atoms with Crippen molar-refractivity contribution in [2.75, 3.05) is 31.6 Å². The Labute approximate surface area is 256 Å². The Kier molecular flexibility index (Phi) is 8.50. The maximum atomic E-state index is 13.7. The molecule has 3 aromatic rings. The van der Waals surface area contributed by atoms with Gasteiger partial charge in [-0.05, 0) is 84.3 Å². The van der Waals surface area contributed by atoms with Crippen LogP contribution in [0.15, 0.2) is 54.6 Å². The van der Waals surface area contributed by atoms with Gasteiger partial charge < -0.3 is 24.6 Å². The monoisotopic (exact) mass is 604 g/mol. The number of hydrogen-bond donors (Lipinski definition) is 2. The lowest BCUT2D eigenvalue weighted by Crippen LogP contribution is -2.35. The van der Waals surface area contributed by atoms with E-state index in [9.17, 15) is 14.7 Å². The van der Waals surface area contributed by atoms with Crippen LogP contribution in [0.5, 0.6) is 17.2 Å². The second kappa shape index (κ2) is 12.5. The standard InChI is InChI=1S/C34H37ClN2O6/c1-3-20-15-24(35)16-21(4-2)32(20)36-30(38)19-37-18-27(23-7-12-28-29(17-23)42-14-13-41-28)31(34(39)40)33(37)22-5-8-25(9-6-22)43-26-10-11-26/h5-9,12,15-17,26-27,31,33H,3-4,10-11,13-14,18-19H2,1-2H3,(H,36,38)(H,39,40)/t27-,31?,33+/m1/s1. The van der Waals surface area contributed by atoms with E-state index in [0.717, 1.165) is 59.4 Å². The number of nitrogens with zero attached hydrogens (tertiary/aromatic N) is 1. The fourth-order valence-corrected chi connectivity index (χ4v) is 6.61. The molecule has 1 saturated carbocycles. The number of nitrogens with one attached hydrogen (secondary N) is 1. The van der Waals surface area contributed by atoms with E-state index in [0.29, 0.717) is 36.3 Å². The summed E-state index contributed by atoms with van der Waals surface area (Å²) in [7, 11) is 0. The fourth-order valence-electron chi connectivity index (χ4n) is 6.35. The number of aryl methyl sites for hydroxylation is 2. The lowest BCUT2D eigenvalue weighted by atomic mass is 9.82. The molecule has 3 atom stereocenters. The molecule has 8 nitrogen and oxygen atoms in total. The smallest absolute Gasteiger partial charge is 0.309 e. The van der Waals surface area contributed by atoms with E-state index in [1.807, 2.05) is 73.3 Å². The van der Waals surface area contributed by atoms with Gasteiger partial charge in [0.15, 0.2) is 11.5 Å². The summed E-state index contributed by atoms with van der Waals surface area (Å²) in [6.07, 6.45) is 3.81. The lowest BCUT2D eigenvalue weighted by molar-refractivity contribution is -0.143. The number of fused-ring (bicyclic) bond motifs is 1. The maximum absolute atomic E-state index is 13.7. The summed E-state index contributed by atoms with van der Waals surface area (Å²) in [6.45, 7) is 5.40. The molecule has 43 heavy (non-hydrogen) atoms. The number of benzene rings is 3. The lowest BCUT2D eigenvalue weighted by Gasteiger charge is -2.27. The molecule has 0 bridgehead atoms. The van der Waals surface area contributed by atoms with Crippen molar-refractivity contribution >= 4 is 29.2 Å². The Hall–Kier alpha value is -3.75. The molecular formula is C34H37ClN2O6. The number of hydrogen-bond acceptors (Lipinski definition) is 6. The number of halogens is 1. The molecule has 9 heteroatoms. The first-order chi connectivity index (χ1) is 20.8. The highest BCUT2D eigenvalue weighted by Gasteiger charge is 2.48. The zero-order chi connectivity index (χ0) is 30.1. The molecule has 3 aliphatic rings. The van der Waals surface area contributed by atoms with Gasteiger partial charge in [-0.15, -0.1) is 0 Å². The van der Waals surface area contributed by atoms with Crippen molar-refractivity contribution in [2.45, 2.75) is 57.6 Å². The van der Waals surface area contributed by atoms with Gasteiger partial charge in [-0.25, -0.2) is 0 Å². The van der Waals surface area contributed by atoms with E-state index >= 15 is 0 Å². The number of aliphatic carboxylic acids is 1. The topological polar surface area (TPSA) is 97.3 Å². The number of amides is 1. The number of carboxylic acid groups (broad SMARTS) is 1. The van der Waals surface area contributed by atoms with E-state index in [2.05, 4.69) is 5.32 Å². The van der Waals surface area contributed by atoms with Gasteiger partial charge in [0, 0.05) is 29.2 Å². The summed E-state index contributed by atoms with van der Waals surface area (Å²) in [6, 6.07) is 16.5. The van der Waals surface area contributed by atoms with Gasteiger partial charge in [-0.2, -0.15) is 0 Å². The number of ether oxygens (including phenoxy) is 3. The number of likely N-dealkylation sites (tertiary alicyclic amines) is 1. The molecule has 6 rings (SSSR count). The average Bonchev–Trinajstić information content (AvgIpc) is 3.75. The predicted octanol–water partition coefficient (Wildman–Crippen LogP) is 6.26.